The van der Waals surface area contributed by atoms with Crippen LogP contribution in [0.3, 0.4) is 0 Å². The summed E-state index contributed by atoms with van der Waals surface area (Å²) < 4.78 is 0. The molecule has 4 N–H and O–H groups in total. The fourth-order valence-corrected chi connectivity index (χ4v) is 3.78. The third-order valence-corrected chi connectivity index (χ3v) is 5.36. The predicted octanol–water partition coefficient (Wildman–Crippen LogP) is 2.18. The molecule has 0 spiro atoms. The molecule has 1 aromatic carbocycles. The van der Waals surface area contributed by atoms with Gasteiger partial charge >= 0.3 is 5.97 Å². The van der Waals surface area contributed by atoms with Crippen LogP contribution in [-0.2, 0) is 9.63 Å². The second kappa shape index (κ2) is 7.55. The minimum Gasteiger partial charge on any atom is -0.382 e. The molecular weight excluding hydrogens is 382 g/mol. The van der Waals surface area contributed by atoms with Crippen LogP contribution in [0.1, 0.15) is 28.9 Å². The van der Waals surface area contributed by atoms with Gasteiger partial charge in [-0.1, -0.05) is 28.9 Å². The third kappa shape index (κ3) is 3.55. The number of hydrogen-bond donors (Lipinski definition) is 3. The molecule has 1 amide bonds. The van der Waals surface area contributed by atoms with E-state index in [0.717, 1.165) is 5.69 Å². The Kier molecular flexibility index (Phi) is 4.95. The normalized spacial score (nSPS) is 22.0. The third-order valence-electron chi connectivity index (χ3n) is 5.14. The molecule has 8 nitrogen and oxygen atoms in total. The highest BCUT2D eigenvalue weighted by Gasteiger charge is 2.38. The number of rotatable bonds is 3. The summed E-state index contributed by atoms with van der Waals surface area (Å²) in [4.78, 5) is 35.1. The molecule has 2 aliphatic rings. The highest BCUT2D eigenvalue weighted by Crippen LogP contribution is 2.30. The van der Waals surface area contributed by atoms with E-state index in [1.54, 1.807) is 23.2 Å². The lowest BCUT2D eigenvalue weighted by atomic mass is 9.92. The van der Waals surface area contributed by atoms with Crippen LogP contribution in [0.15, 0.2) is 41.7 Å². The number of nitrogens with two attached hydrogens (primary N) is 1. The maximum atomic E-state index is 13.0. The first-order valence-electron chi connectivity index (χ1n) is 9.05. The summed E-state index contributed by atoms with van der Waals surface area (Å²) in [6, 6.07) is 9.03. The van der Waals surface area contributed by atoms with Crippen LogP contribution in [0.2, 0.25) is 5.02 Å². The number of amidine groups is 1. The maximum Gasteiger partial charge on any atom is 0.339 e. The quantitative estimate of drug-likeness (QED) is 0.316. The van der Waals surface area contributed by atoms with Gasteiger partial charge < -0.3 is 25.8 Å². The maximum absolute atomic E-state index is 13.0. The van der Waals surface area contributed by atoms with Gasteiger partial charge in [-0.3, -0.25) is 4.79 Å². The number of oxime groups is 1. The van der Waals surface area contributed by atoms with Crippen LogP contribution in [0.25, 0.3) is 0 Å². The van der Waals surface area contributed by atoms with E-state index in [1.807, 2.05) is 18.2 Å². The van der Waals surface area contributed by atoms with Crippen molar-refractivity contribution < 1.29 is 14.4 Å². The number of nitrogens with zero attached hydrogens (tertiary/aromatic N) is 2. The van der Waals surface area contributed by atoms with Crippen molar-refractivity contribution in [1.29, 1.82) is 0 Å². The number of para-hydroxylation sites is 1. The summed E-state index contributed by atoms with van der Waals surface area (Å²) in [7, 11) is 0. The molecular formula is C19H20ClN5O3. The van der Waals surface area contributed by atoms with E-state index in [0.29, 0.717) is 42.2 Å². The van der Waals surface area contributed by atoms with E-state index >= 15 is 0 Å². The molecule has 4 rings (SSSR count). The Bertz CT molecular complexity index is 941. The highest BCUT2D eigenvalue weighted by molar-refractivity contribution is 6.31. The lowest BCUT2D eigenvalue weighted by Crippen LogP contribution is -2.50. The zero-order valence-corrected chi connectivity index (χ0v) is 15.8. The lowest BCUT2D eigenvalue weighted by Gasteiger charge is -2.37. The SMILES string of the molecule is N/C(=N\OC(=O)[C@H]1CC[C@H]2CNc3ccccc3C(=O)N2C1)c1cc(Cl)c[nH]1. The van der Waals surface area contributed by atoms with Crippen LogP contribution in [0.4, 0.5) is 5.69 Å². The van der Waals surface area contributed by atoms with E-state index in [4.69, 9.17) is 22.2 Å². The summed E-state index contributed by atoms with van der Waals surface area (Å²) in [5.41, 5.74) is 7.70. The predicted molar refractivity (Wildman–Crippen MR) is 105 cm³/mol. The smallest absolute Gasteiger partial charge is 0.339 e. The first kappa shape index (κ1) is 18.4. The van der Waals surface area contributed by atoms with Crippen molar-refractivity contribution >= 4 is 35.0 Å². The van der Waals surface area contributed by atoms with Crippen molar-refractivity contribution in [2.24, 2.45) is 16.8 Å². The summed E-state index contributed by atoms with van der Waals surface area (Å²) in [5.74, 6) is -1.00. The molecule has 0 radical (unpaired) electrons. The zero-order valence-electron chi connectivity index (χ0n) is 15.0. The molecule has 0 unspecified atom stereocenters. The molecule has 3 heterocycles. The first-order chi connectivity index (χ1) is 13.5. The van der Waals surface area contributed by atoms with Crippen LogP contribution in [0, 0.1) is 5.92 Å². The van der Waals surface area contributed by atoms with Gasteiger partial charge in [-0.15, -0.1) is 0 Å². The summed E-state index contributed by atoms with van der Waals surface area (Å²) in [5, 5.41) is 7.51. The lowest BCUT2D eigenvalue weighted by molar-refractivity contribution is -0.150. The van der Waals surface area contributed by atoms with Crippen LogP contribution >= 0.6 is 11.6 Å². The highest BCUT2D eigenvalue weighted by atomic mass is 35.5. The van der Waals surface area contributed by atoms with Gasteiger partial charge in [-0.2, -0.15) is 0 Å². The number of benzene rings is 1. The van der Waals surface area contributed by atoms with Crippen molar-refractivity contribution in [1.82, 2.24) is 9.88 Å². The number of amides is 1. The van der Waals surface area contributed by atoms with Gasteiger partial charge in [0.15, 0.2) is 5.84 Å². The number of anilines is 1. The first-order valence-corrected chi connectivity index (χ1v) is 9.43. The van der Waals surface area contributed by atoms with Crippen LogP contribution in [0.5, 0.6) is 0 Å². The van der Waals surface area contributed by atoms with E-state index in [2.05, 4.69) is 15.5 Å². The molecule has 0 aliphatic carbocycles. The van der Waals surface area contributed by atoms with E-state index in [9.17, 15) is 9.59 Å². The van der Waals surface area contributed by atoms with E-state index in [1.165, 1.54) is 0 Å². The molecule has 1 aromatic heterocycles. The number of halogens is 1. The molecule has 2 aromatic rings. The molecule has 2 aliphatic heterocycles. The van der Waals surface area contributed by atoms with Gasteiger partial charge in [0.25, 0.3) is 5.91 Å². The number of nitrogens with one attached hydrogen (secondary N) is 2. The summed E-state index contributed by atoms with van der Waals surface area (Å²) in [6.45, 7) is 0.950. The average Bonchev–Trinajstić information content (AvgIpc) is 3.10. The molecule has 28 heavy (non-hydrogen) atoms. The number of hydrogen-bond acceptors (Lipinski definition) is 5. The Morgan fingerprint density at radius 1 is 1.32 bits per heavy atom. The van der Waals surface area contributed by atoms with Gasteiger partial charge in [0.05, 0.1) is 22.2 Å². The minimum atomic E-state index is -0.502. The number of fused-ring (bicyclic) bond motifs is 2. The molecule has 1 saturated heterocycles. The van der Waals surface area contributed by atoms with Gasteiger partial charge in [0.1, 0.15) is 0 Å². The molecule has 1 fully saturated rings. The van der Waals surface area contributed by atoms with E-state index in [-0.39, 0.29) is 17.8 Å². The number of aromatic nitrogens is 1. The van der Waals surface area contributed by atoms with Gasteiger partial charge in [0.2, 0.25) is 0 Å². The van der Waals surface area contributed by atoms with Crippen LogP contribution < -0.4 is 11.1 Å². The fourth-order valence-electron chi connectivity index (χ4n) is 3.62. The van der Waals surface area contributed by atoms with Crippen molar-refractivity contribution in [2.75, 3.05) is 18.4 Å². The molecule has 0 saturated carbocycles. The van der Waals surface area contributed by atoms with Crippen molar-refractivity contribution in [3.63, 3.8) is 0 Å². The van der Waals surface area contributed by atoms with Crippen molar-refractivity contribution in [3.8, 4) is 0 Å². The Balaban J connectivity index is 1.45. The second-order valence-electron chi connectivity index (χ2n) is 6.93. The standard InChI is InChI=1S/C19H20ClN5O3/c20-12-7-16(22-8-12)17(21)24-28-19(27)11-5-6-13-9-23-15-4-2-1-3-14(15)18(26)25(13)10-11/h1-4,7-8,11,13,22-23H,5-6,9-10H2,(H2,21,24)/t11-,13-/m0/s1. The fraction of sp³-hybridized carbons (Fsp3) is 0.316. The number of carbonyl (C=O) groups is 2. The Morgan fingerprint density at radius 3 is 2.93 bits per heavy atom. The summed E-state index contributed by atoms with van der Waals surface area (Å²) in [6.07, 6.45) is 2.88. The van der Waals surface area contributed by atoms with Gasteiger partial charge in [-0.05, 0) is 31.0 Å². The number of carbonyl (C=O) groups excluding carboxylic acids is 2. The Hall–Kier alpha value is -3.00. The van der Waals surface area contributed by atoms with E-state index < -0.39 is 11.9 Å². The van der Waals surface area contributed by atoms with Crippen molar-refractivity contribution in [2.45, 2.75) is 18.9 Å². The molecule has 0 bridgehead atoms. The molecule has 2 atom stereocenters. The van der Waals surface area contributed by atoms with Crippen molar-refractivity contribution in [3.05, 3.63) is 52.8 Å². The van der Waals surface area contributed by atoms with Gasteiger partial charge in [0, 0.05) is 31.0 Å². The second-order valence-corrected chi connectivity index (χ2v) is 7.37. The molecule has 146 valence electrons. The Morgan fingerprint density at radius 2 is 2.14 bits per heavy atom. The molecule has 9 heteroatoms. The Labute approximate surface area is 166 Å². The number of aromatic amines is 1. The minimum absolute atomic E-state index is 0.0258. The zero-order chi connectivity index (χ0) is 19.7. The van der Waals surface area contributed by atoms with Crippen LogP contribution in [-0.4, -0.2) is 46.7 Å². The number of piperidine rings is 1. The number of H-pyrrole nitrogens is 1. The topological polar surface area (TPSA) is 113 Å². The monoisotopic (exact) mass is 401 g/mol. The summed E-state index contributed by atoms with van der Waals surface area (Å²) >= 11 is 5.82. The average molecular weight is 402 g/mol. The van der Waals surface area contributed by atoms with Gasteiger partial charge in [-0.25, -0.2) is 4.79 Å². The largest absolute Gasteiger partial charge is 0.382 e.